The van der Waals surface area contributed by atoms with E-state index in [9.17, 15) is 8.42 Å². The Morgan fingerprint density at radius 1 is 1.04 bits per heavy atom. The first-order valence-corrected chi connectivity index (χ1v) is 11.7. The van der Waals surface area contributed by atoms with Crippen molar-refractivity contribution in [3.8, 4) is 0 Å². The summed E-state index contributed by atoms with van der Waals surface area (Å²) >= 11 is 9.87. The number of fused-ring (bicyclic) bond motifs is 1. The van der Waals surface area contributed by atoms with Crippen LogP contribution in [0, 0.1) is 0 Å². The molecular formula is C20H21BrClN3O2S. The van der Waals surface area contributed by atoms with Crippen molar-refractivity contribution in [3.05, 3.63) is 63.7 Å². The summed E-state index contributed by atoms with van der Waals surface area (Å²) in [4.78, 5) is 4.87. The molecule has 0 saturated carbocycles. The van der Waals surface area contributed by atoms with Crippen LogP contribution in [-0.2, 0) is 16.6 Å². The van der Waals surface area contributed by atoms with E-state index in [1.807, 2.05) is 12.1 Å². The van der Waals surface area contributed by atoms with E-state index in [2.05, 4.69) is 32.8 Å². The van der Waals surface area contributed by atoms with Crippen LogP contribution in [-0.4, -0.2) is 55.4 Å². The first-order chi connectivity index (χ1) is 13.4. The van der Waals surface area contributed by atoms with E-state index in [0.717, 1.165) is 37.1 Å². The monoisotopic (exact) mass is 481 g/mol. The van der Waals surface area contributed by atoms with E-state index in [0.29, 0.717) is 21.6 Å². The maximum absolute atomic E-state index is 13.4. The van der Waals surface area contributed by atoms with Gasteiger partial charge in [-0.05, 0) is 52.8 Å². The van der Waals surface area contributed by atoms with E-state index in [-0.39, 0.29) is 4.90 Å². The molecule has 0 bridgehead atoms. The highest BCUT2D eigenvalue weighted by atomic mass is 79.9. The molecule has 0 spiro atoms. The van der Waals surface area contributed by atoms with Crippen molar-refractivity contribution in [2.45, 2.75) is 11.4 Å². The van der Waals surface area contributed by atoms with Gasteiger partial charge in [0.05, 0.1) is 10.5 Å². The second-order valence-electron chi connectivity index (χ2n) is 7.10. The molecule has 2 aromatic carbocycles. The van der Waals surface area contributed by atoms with E-state index in [1.165, 1.54) is 3.97 Å². The molecule has 148 valence electrons. The summed E-state index contributed by atoms with van der Waals surface area (Å²) in [5.41, 5.74) is 1.54. The van der Waals surface area contributed by atoms with Crippen LogP contribution >= 0.6 is 27.5 Å². The molecule has 1 aliphatic heterocycles. The molecule has 0 aliphatic carbocycles. The van der Waals surface area contributed by atoms with Gasteiger partial charge in [0.1, 0.15) is 4.90 Å². The summed E-state index contributed by atoms with van der Waals surface area (Å²) in [5, 5.41) is 1.38. The lowest BCUT2D eigenvalue weighted by Gasteiger charge is -2.32. The molecule has 1 aromatic heterocycles. The number of piperazine rings is 1. The number of aromatic nitrogens is 1. The highest BCUT2D eigenvalue weighted by Crippen LogP contribution is 2.33. The molecule has 0 atom stereocenters. The number of halogens is 2. The Morgan fingerprint density at radius 2 is 1.75 bits per heavy atom. The van der Waals surface area contributed by atoms with Crippen LogP contribution in [0.3, 0.4) is 0 Å². The Kier molecular flexibility index (Phi) is 5.55. The average Bonchev–Trinajstić information content (AvgIpc) is 3.04. The number of hydrogen-bond acceptors (Lipinski definition) is 4. The van der Waals surface area contributed by atoms with Gasteiger partial charge in [-0.25, -0.2) is 12.4 Å². The van der Waals surface area contributed by atoms with Crippen molar-refractivity contribution in [2.24, 2.45) is 0 Å². The zero-order valence-corrected chi connectivity index (χ0v) is 18.6. The van der Waals surface area contributed by atoms with Gasteiger partial charge in [0.25, 0.3) is 10.0 Å². The van der Waals surface area contributed by atoms with Crippen LogP contribution in [0.25, 0.3) is 10.9 Å². The van der Waals surface area contributed by atoms with E-state index < -0.39 is 10.0 Å². The normalized spacial score (nSPS) is 16.7. The van der Waals surface area contributed by atoms with Gasteiger partial charge in [-0.3, -0.25) is 4.90 Å². The van der Waals surface area contributed by atoms with Crippen LogP contribution in [0.4, 0.5) is 0 Å². The fraction of sp³-hybridized carbons (Fsp3) is 0.300. The van der Waals surface area contributed by atoms with Crippen molar-refractivity contribution < 1.29 is 8.42 Å². The van der Waals surface area contributed by atoms with Crippen LogP contribution in [0.1, 0.15) is 5.56 Å². The van der Waals surface area contributed by atoms with Gasteiger partial charge >= 0.3 is 0 Å². The molecule has 0 N–H and O–H groups in total. The first-order valence-electron chi connectivity index (χ1n) is 9.07. The molecule has 1 fully saturated rings. The maximum Gasteiger partial charge on any atom is 0.269 e. The minimum Gasteiger partial charge on any atom is -0.304 e. The zero-order valence-electron chi connectivity index (χ0n) is 15.5. The fourth-order valence-electron chi connectivity index (χ4n) is 3.62. The SMILES string of the molecule is CN1CCN(Cc2cn(S(=O)(=O)c3ccccc3Br)c3cccc(Cl)c23)CC1. The fourth-order valence-corrected chi connectivity index (χ4v) is 6.26. The third kappa shape index (κ3) is 3.62. The van der Waals surface area contributed by atoms with Crippen molar-refractivity contribution in [3.63, 3.8) is 0 Å². The topological polar surface area (TPSA) is 45.5 Å². The Labute approximate surface area is 178 Å². The molecule has 4 rings (SSSR count). The molecule has 0 amide bonds. The largest absolute Gasteiger partial charge is 0.304 e. The average molecular weight is 483 g/mol. The van der Waals surface area contributed by atoms with Crippen LogP contribution in [0.5, 0.6) is 0 Å². The lowest BCUT2D eigenvalue weighted by atomic mass is 10.1. The predicted octanol–water partition coefficient (Wildman–Crippen LogP) is 4.04. The molecular weight excluding hydrogens is 462 g/mol. The lowest BCUT2D eigenvalue weighted by molar-refractivity contribution is 0.148. The molecule has 0 radical (unpaired) electrons. The number of likely N-dealkylation sites (N-methyl/N-ethyl adjacent to an activating group) is 1. The van der Waals surface area contributed by atoms with Crippen LogP contribution in [0.2, 0.25) is 5.02 Å². The van der Waals surface area contributed by atoms with Gasteiger partial charge in [-0.1, -0.05) is 29.8 Å². The number of rotatable bonds is 4. The van der Waals surface area contributed by atoms with Crippen LogP contribution < -0.4 is 0 Å². The van der Waals surface area contributed by atoms with Gasteiger partial charge in [0.2, 0.25) is 0 Å². The van der Waals surface area contributed by atoms with Crippen LogP contribution in [0.15, 0.2) is 58.0 Å². The molecule has 3 aromatic rings. The minimum absolute atomic E-state index is 0.234. The Balaban J connectivity index is 1.82. The third-order valence-electron chi connectivity index (χ3n) is 5.19. The predicted molar refractivity (Wildman–Crippen MR) is 116 cm³/mol. The Hall–Kier alpha value is -1.38. The second-order valence-corrected chi connectivity index (χ2v) is 10.1. The summed E-state index contributed by atoms with van der Waals surface area (Å²) < 4.78 is 28.7. The Morgan fingerprint density at radius 3 is 2.46 bits per heavy atom. The van der Waals surface area contributed by atoms with E-state index >= 15 is 0 Å². The van der Waals surface area contributed by atoms with Crippen molar-refractivity contribution in [1.82, 2.24) is 13.8 Å². The number of hydrogen-bond donors (Lipinski definition) is 0. The second kappa shape index (κ2) is 7.80. The van der Waals surface area contributed by atoms with Crippen molar-refractivity contribution in [1.29, 1.82) is 0 Å². The molecule has 5 nitrogen and oxygen atoms in total. The van der Waals surface area contributed by atoms with Crippen molar-refractivity contribution >= 4 is 48.5 Å². The van der Waals surface area contributed by atoms with Crippen molar-refractivity contribution in [2.75, 3.05) is 33.2 Å². The van der Waals surface area contributed by atoms with Gasteiger partial charge in [0, 0.05) is 48.8 Å². The number of nitrogens with zero attached hydrogens (tertiary/aromatic N) is 3. The van der Waals surface area contributed by atoms with Gasteiger partial charge < -0.3 is 4.90 Å². The van der Waals surface area contributed by atoms with Gasteiger partial charge in [-0.15, -0.1) is 0 Å². The smallest absolute Gasteiger partial charge is 0.269 e. The summed E-state index contributed by atoms with van der Waals surface area (Å²) in [7, 11) is -1.64. The zero-order chi connectivity index (χ0) is 19.9. The summed E-state index contributed by atoms with van der Waals surface area (Å²) in [6, 6.07) is 12.3. The quantitative estimate of drug-likeness (QED) is 0.563. The summed E-state index contributed by atoms with van der Waals surface area (Å²) in [6.45, 7) is 4.57. The molecule has 1 saturated heterocycles. The highest BCUT2D eigenvalue weighted by molar-refractivity contribution is 9.10. The van der Waals surface area contributed by atoms with E-state index in [1.54, 1.807) is 36.5 Å². The lowest BCUT2D eigenvalue weighted by Crippen LogP contribution is -2.43. The number of benzene rings is 2. The Bertz CT molecular complexity index is 1120. The maximum atomic E-state index is 13.4. The van der Waals surface area contributed by atoms with Gasteiger partial charge in [0.15, 0.2) is 0 Å². The first kappa shape index (κ1) is 19.9. The molecule has 8 heteroatoms. The molecule has 0 unspecified atom stereocenters. The summed E-state index contributed by atoms with van der Waals surface area (Å²) in [6.07, 6.45) is 1.73. The van der Waals surface area contributed by atoms with Gasteiger partial charge in [-0.2, -0.15) is 0 Å². The minimum atomic E-state index is -3.76. The highest BCUT2D eigenvalue weighted by Gasteiger charge is 2.25. The molecule has 2 heterocycles. The molecule has 1 aliphatic rings. The standard InChI is InChI=1S/C20H21BrClN3O2S/c1-23-9-11-24(12-10-23)13-15-14-25(18-7-4-6-17(22)20(15)18)28(26,27)19-8-3-2-5-16(19)21/h2-8,14H,9-13H2,1H3. The summed E-state index contributed by atoms with van der Waals surface area (Å²) in [5.74, 6) is 0. The molecule has 28 heavy (non-hydrogen) atoms. The van der Waals surface area contributed by atoms with E-state index in [4.69, 9.17) is 11.6 Å². The third-order valence-corrected chi connectivity index (χ3v) is 8.19.